The lowest BCUT2D eigenvalue weighted by Gasteiger charge is -2.29. The van der Waals surface area contributed by atoms with Crippen LogP contribution < -0.4 is 5.32 Å². The van der Waals surface area contributed by atoms with Gasteiger partial charge in [-0.25, -0.2) is 9.59 Å². The number of rotatable bonds is 4. The number of hydrogen-bond donors (Lipinski definition) is 3. The molecule has 6 nitrogen and oxygen atoms in total. The first kappa shape index (κ1) is 15.4. The predicted molar refractivity (Wildman–Crippen MR) is 76.9 cm³/mol. The van der Waals surface area contributed by atoms with E-state index in [4.69, 9.17) is 5.11 Å². The lowest BCUT2D eigenvalue weighted by atomic mass is 10.1. The summed E-state index contributed by atoms with van der Waals surface area (Å²) in [4.78, 5) is 24.5. The van der Waals surface area contributed by atoms with Crippen molar-refractivity contribution < 1.29 is 19.8 Å². The van der Waals surface area contributed by atoms with Crippen molar-refractivity contribution in [2.24, 2.45) is 0 Å². The summed E-state index contributed by atoms with van der Waals surface area (Å²) in [6.07, 6.45) is 5.93. The summed E-state index contributed by atoms with van der Waals surface area (Å²) >= 11 is 1.77. The van der Waals surface area contributed by atoms with Crippen molar-refractivity contribution >= 4 is 23.8 Å². The molecule has 1 aliphatic heterocycles. The number of aliphatic hydroxyl groups is 1. The minimum absolute atomic E-state index is 0.0900. The second-order valence-electron chi connectivity index (χ2n) is 5.65. The first-order valence-corrected chi connectivity index (χ1v) is 8.20. The van der Waals surface area contributed by atoms with E-state index in [9.17, 15) is 14.7 Å². The minimum atomic E-state index is -1.06. The third-order valence-corrected chi connectivity index (χ3v) is 5.75. The molecular formula is C13H22N2O4S. The number of nitrogens with one attached hydrogen (secondary N) is 1. The number of aliphatic hydroxyl groups excluding tert-OH is 1. The molecule has 0 unspecified atom stereocenters. The van der Waals surface area contributed by atoms with Crippen molar-refractivity contribution in [1.29, 1.82) is 0 Å². The monoisotopic (exact) mass is 302 g/mol. The standard InChI is InChI=1S/C13H22N2O4S/c1-20-13(4-2-3-5-13)8-14-12(19)15-7-9(16)6-10(15)11(17)18/h9-10,16H,2-8H2,1H3,(H,14,19)(H,17,18)/t9-,10-/m1/s1. The molecule has 3 N–H and O–H groups in total. The molecule has 2 amide bonds. The van der Waals surface area contributed by atoms with E-state index >= 15 is 0 Å². The molecule has 2 atom stereocenters. The maximum atomic E-state index is 12.2. The molecular weight excluding hydrogens is 280 g/mol. The van der Waals surface area contributed by atoms with Crippen molar-refractivity contribution in [3.05, 3.63) is 0 Å². The van der Waals surface area contributed by atoms with Crippen molar-refractivity contribution in [2.45, 2.75) is 49.0 Å². The van der Waals surface area contributed by atoms with Crippen LogP contribution in [-0.4, -0.2) is 63.4 Å². The molecule has 1 aliphatic carbocycles. The minimum Gasteiger partial charge on any atom is -0.480 e. The Kier molecular flexibility index (Phi) is 4.80. The first-order chi connectivity index (χ1) is 9.47. The molecule has 0 aromatic rings. The number of carbonyl (C=O) groups excluding carboxylic acids is 1. The maximum Gasteiger partial charge on any atom is 0.326 e. The number of urea groups is 1. The highest BCUT2D eigenvalue weighted by atomic mass is 32.2. The Hall–Kier alpha value is -0.950. The maximum absolute atomic E-state index is 12.2. The highest BCUT2D eigenvalue weighted by Gasteiger charge is 2.40. The summed E-state index contributed by atoms with van der Waals surface area (Å²) in [5.41, 5.74) is 0. The van der Waals surface area contributed by atoms with Gasteiger partial charge in [0.1, 0.15) is 6.04 Å². The normalized spacial score (nSPS) is 28.6. The van der Waals surface area contributed by atoms with Crippen LogP contribution in [0.5, 0.6) is 0 Å². The quantitative estimate of drug-likeness (QED) is 0.717. The fourth-order valence-electron chi connectivity index (χ4n) is 3.08. The van der Waals surface area contributed by atoms with E-state index in [1.54, 1.807) is 11.8 Å². The Morgan fingerprint density at radius 1 is 1.40 bits per heavy atom. The second kappa shape index (κ2) is 6.22. The van der Waals surface area contributed by atoms with Crippen molar-refractivity contribution in [2.75, 3.05) is 19.3 Å². The fourth-order valence-corrected chi connectivity index (χ4v) is 4.00. The number of thioether (sulfide) groups is 1. The summed E-state index contributed by atoms with van der Waals surface area (Å²) in [6, 6.07) is -1.30. The van der Waals surface area contributed by atoms with Crippen LogP contribution in [0.2, 0.25) is 0 Å². The Balaban J connectivity index is 1.92. The van der Waals surface area contributed by atoms with Gasteiger partial charge in [-0.05, 0) is 19.1 Å². The summed E-state index contributed by atoms with van der Waals surface area (Å²) < 4.78 is 0.0900. The zero-order valence-corrected chi connectivity index (χ0v) is 12.5. The van der Waals surface area contributed by atoms with E-state index in [2.05, 4.69) is 11.6 Å². The third-order valence-electron chi connectivity index (χ3n) is 4.33. The van der Waals surface area contributed by atoms with E-state index in [0.29, 0.717) is 6.54 Å². The fraction of sp³-hybridized carbons (Fsp3) is 0.846. The third kappa shape index (κ3) is 3.20. The smallest absolute Gasteiger partial charge is 0.326 e. The van der Waals surface area contributed by atoms with Gasteiger partial charge in [0.05, 0.1) is 6.10 Å². The van der Waals surface area contributed by atoms with Crippen molar-refractivity contribution in [3.63, 3.8) is 0 Å². The van der Waals surface area contributed by atoms with Gasteiger partial charge in [-0.2, -0.15) is 11.8 Å². The van der Waals surface area contributed by atoms with Gasteiger partial charge in [0, 0.05) is 24.3 Å². The number of carboxylic acids is 1. The largest absolute Gasteiger partial charge is 0.480 e. The Labute approximate surface area is 122 Å². The number of carboxylic acid groups (broad SMARTS) is 1. The molecule has 0 aromatic carbocycles. The molecule has 2 fully saturated rings. The number of hydrogen-bond acceptors (Lipinski definition) is 4. The number of amides is 2. The van der Waals surface area contributed by atoms with Crippen LogP contribution in [0.4, 0.5) is 4.79 Å². The summed E-state index contributed by atoms with van der Waals surface area (Å²) in [6.45, 7) is 0.654. The van der Waals surface area contributed by atoms with Crippen LogP contribution in [0, 0.1) is 0 Å². The summed E-state index contributed by atoms with van der Waals surface area (Å²) in [5.74, 6) is -1.06. The highest BCUT2D eigenvalue weighted by molar-refractivity contribution is 8.00. The highest BCUT2D eigenvalue weighted by Crippen LogP contribution is 2.39. The van der Waals surface area contributed by atoms with Gasteiger partial charge in [-0.1, -0.05) is 12.8 Å². The van der Waals surface area contributed by atoms with Crippen molar-refractivity contribution in [1.82, 2.24) is 10.2 Å². The van der Waals surface area contributed by atoms with Gasteiger partial charge in [0.15, 0.2) is 0 Å². The van der Waals surface area contributed by atoms with Crippen molar-refractivity contribution in [3.8, 4) is 0 Å². The molecule has 0 spiro atoms. The van der Waals surface area contributed by atoms with Gasteiger partial charge in [0.25, 0.3) is 0 Å². The van der Waals surface area contributed by atoms with Crippen LogP contribution >= 0.6 is 11.8 Å². The molecule has 20 heavy (non-hydrogen) atoms. The molecule has 0 radical (unpaired) electrons. The molecule has 2 aliphatic rings. The summed E-state index contributed by atoms with van der Waals surface area (Å²) in [5, 5.41) is 21.5. The number of aliphatic carboxylic acids is 1. The Morgan fingerprint density at radius 3 is 2.60 bits per heavy atom. The number of carbonyl (C=O) groups is 2. The van der Waals surface area contributed by atoms with E-state index in [1.165, 1.54) is 17.7 Å². The zero-order valence-electron chi connectivity index (χ0n) is 11.7. The van der Waals surface area contributed by atoms with Gasteiger partial charge >= 0.3 is 12.0 Å². The summed E-state index contributed by atoms with van der Waals surface area (Å²) in [7, 11) is 0. The molecule has 7 heteroatoms. The number of nitrogens with zero attached hydrogens (tertiary/aromatic N) is 1. The predicted octanol–water partition coefficient (Wildman–Crippen LogP) is 0.892. The van der Waals surface area contributed by atoms with E-state index in [0.717, 1.165) is 12.8 Å². The van der Waals surface area contributed by atoms with Crippen LogP contribution in [0.15, 0.2) is 0 Å². The number of likely N-dealkylation sites (tertiary alicyclic amines) is 1. The average molecular weight is 302 g/mol. The lowest BCUT2D eigenvalue weighted by Crippen LogP contribution is -2.49. The van der Waals surface area contributed by atoms with Crippen LogP contribution in [0.25, 0.3) is 0 Å². The van der Waals surface area contributed by atoms with Crippen LogP contribution in [-0.2, 0) is 4.79 Å². The Bertz CT molecular complexity index is 385. The molecule has 114 valence electrons. The van der Waals surface area contributed by atoms with Gasteiger partial charge in [-0.15, -0.1) is 0 Å². The average Bonchev–Trinajstić information content (AvgIpc) is 3.03. The van der Waals surface area contributed by atoms with E-state index in [1.807, 2.05) is 0 Å². The molecule has 1 heterocycles. The molecule has 0 bridgehead atoms. The second-order valence-corrected chi connectivity index (χ2v) is 6.92. The van der Waals surface area contributed by atoms with Gasteiger partial charge < -0.3 is 20.4 Å². The molecule has 2 rings (SSSR count). The Morgan fingerprint density at radius 2 is 2.05 bits per heavy atom. The number of β-amino-alcohol motifs (C(OH)–C–C–N with tert-alkyl or cyclic N) is 1. The zero-order chi connectivity index (χ0) is 14.8. The molecule has 1 saturated heterocycles. The van der Waals surface area contributed by atoms with E-state index < -0.39 is 18.1 Å². The topological polar surface area (TPSA) is 89.9 Å². The van der Waals surface area contributed by atoms with Gasteiger partial charge in [-0.3, -0.25) is 0 Å². The van der Waals surface area contributed by atoms with Crippen LogP contribution in [0.1, 0.15) is 32.1 Å². The van der Waals surface area contributed by atoms with Gasteiger partial charge in [0.2, 0.25) is 0 Å². The van der Waals surface area contributed by atoms with E-state index in [-0.39, 0.29) is 23.7 Å². The lowest BCUT2D eigenvalue weighted by molar-refractivity contribution is -0.141. The molecule has 1 saturated carbocycles. The SMILES string of the molecule is CSC1(CNC(=O)N2C[C@H](O)C[C@@H]2C(=O)O)CCCC1. The molecule has 0 aromatic heterocycles. The first-order valence-electron chi connectivity index (χ1n) is 6.98. The van der Waals surface area contributed by atoms with Crippen LogP contribution in [0.3, 0.4) is 0 Å².